The molecule has 0 bridgehead atoms. The lowest BCUT2D eigenvalue weighted by Crippen LogP contribution is -2.11. The van der Waals surface area contributed by atoms with E-state index in [-0.39, 0.29) is 11.6 Å². The lowest BCUT2D eigenvalue weighted by atomic mass is 9.94. The van der Waals surface area contributed by atoms with Gasteiger partial charge in [-0.2, -0.15) is 0 Å². The number of fused-ring (bicyclic) bond motifs is 1. The van der Waals surface area contributed by atoms with E-state index in [1.807, 2.05) is 13.8 Å². The Balaban J connectivity index is 2.67. The smallest absolute Gasteiger partial charge is 0.184 e. The summed E-state index contributed by atoms with van der Waals surface area (Å²) in [4.78, 5) is 3.83. The molecule has 0 atom stereocenters. The van der Waals surface area contributed by atoms with Crippen LogP contribution in [0.2, 0.25) is 0 Å². The Morgan fingerprint density at radius 3 is 2.67 bits per heavy atom. The summed E-state index contributed by atoms with van der Waals surface area (Å²) in [6, 6.07) is 1.24. The number of nitrogens with two attached hydrogens (primary N) is 1. The van der Waals surface area contributed by atoms with Crippen molar-refractivity contribution in [1.29, 1.82) is 0 Å². The highest BCUT2D eigenvalue weighted by Crippen LogP contribution is 2.36. The molecule has 0 amide bonds. The van der Waals surface area contributed by atoms with Crippen molar-refractivity contribution in [1.82, 2.24) is 0 Å². The fraction of sp³-hybridized carbons (Fsp3) is 0.364. The van der Waals surface area contributed by atoms with Crippen LogP contribution in [0.15, 0.2) is 11.1 Å². The minimum Gasteiger partial charge on any atom is -0.387 e. The molecule has 0 unspecified atom stereocenters. The van der Waals surface area contributed by atoms with Crippen LogP contribution in [0.25, 0.3) is 0 Å². The fourth-order valence-corrected chi connectivity index (χ4v) is 1.85. The van der Waals surface area contributed by atoms with E-state index < -0.39 is 11.6 Å². The second kappa shape index (κ2) is 3.29. The fourth-order valence-electron chi connectivity index (χ4n) is 1.85. The van der Waals surface area contributed by atoms with E-state index in [1.165, 1.54) is 6.07 Å². The molecular weight excluding hydrogens is 198 g/mol. The van der Waals surface area contributed by atoms with Gasteiger partial charge in [0.15, 0.2) is 11.6 Å². The van der Waals surface area contributed by atoms with E-state index in [1.54, 1.807) is 0 Å². The number of aliphatic imine (C=N–C) groups is 1. The number of hydrogen-bond acceptors (Lipinski definition) is 2. The summed E-state index contributed by atoms with van der Waals surface area (Å²) in [6.45, 7) is 3.86. The molecule has 0 spiro atoms. The molecule has 0 aliphatic carbocycles. The van der Waals surface area contributed by atoms with E-state index in [0.29, 0.717) is 12.3 Å². The van der Waals surface area contributed by atoms with Gasteiger partial charge in [-0.05, 0) is 23.1 Å². The van der Waals surface area contributed by atoms with E-state index in [4.69, 9.17) is 5.73 Å². The Morgan fingerprint density at radius 2 is 2.07 bits per heavy atom. The van der Waals surface area contributed by atoms with Crippen LogP contribution in [0.5, 0.6) is 0 Å². The zero-order valence-corrected chi connectivity index (χ0v) is 8.64. The van der Waals surface area contributed by atoms with Gasteiger partial charge in [0.25, 0.3) is 0 Å². The van der Waals surface area contributed by atoms with Gasteiger partial charge < -0.3 is 5.73 Å². The molecule has 15 heavy (non-hydrogen) atoms. The molecule has 0 saturated carbocycles. The van der Waals surface area contributed by atoms with E-state index in [9.17, 15) is 8.78 Å². The first-order chi connectivity index (χ1) is 7.00. The largest absolute Gasteiger partial charge is 0.387 e. The van der Waals surface area contributed by atoms with Crippen LogP contribution in [0.3, 0.4) is 0 Å². The van der Waals surface area contributed by atoms with Gasteiger partial charge in [0.2, 0.25) is 0 Å². The number of benzene rings is 1. The van der Waals surface area contributed by atoms with Crippen molar-refractivity contribution in [3.63, 3.8) is 0 Å². The second-order valence-electron chi connectivity index (χ2n) is 4.02. The molecule has 2 nitrogen and oxygen atoms in total. The van der Waals surface area contributed by atoms with E-state index in [2.05, 4.69) is 4.99 Å². The van der Waals surface area contributed by atoms with Crippen LogP contribution >= 0.6 is 0 Å². The minimum atomic E-state index is -0.894. The third-order valence-electron chi connectivity index (χ3n) is 2.57. The maximum Gasteiger partial charge on any atom is 0.184 e. The molecule has 80 valence electrons. The van der Waals surface area contributed by atoms with Gasteiger partial charge in [-0.25, -0.2) is 13.8 Å². The molecular formula is C11H12F2N2. The molecule has 1 heterocycles. The first-order valence-corrected chi connectivity index (χ1v) is 4.84. The van der Waals surface area contributed by atoms with Crippen molar-refractivity contribution < 1.29 is 8.78 Å². The normalized spacial score (nSPS) is 14.3. The number of hydrogen-bond donors (Lipinski definition) is 1. The summed E-state index contributed by atoms with van der Waals surface area (Å²) in [6.07, 6.45) is 0.417. The molecule has 0 fully saturated rings. The average Bonchev–Trinajstić information content (AvgIpc) is 2.53. The predicted molar refractivity (Wildman–Crippen MR) is 55.4 cm³/mol. The second-order valence-corrected chi connectivity index (χ2v) is 4.02. The summed E-state index contributed by atoms with van der Waals surface area (Å²) in [5, 5.41) is 0. The standard InChI is InChI=1S/C11H12F2N2/c1-5(2)6-3-8(12)10(13)11-7(6)4-9(14)15-11/h3,5H,4H2,1-2H3,(H2,14,15). The summed E-state index contributed by atoms with van der Waals surface area (Å²) >= 11 is 0. The third-order valence-corrected chi connectivity index (χ3v) is 2.57. The summed E-state index contributed by atoms with van der Waals surface area (Å²) in [5.41, 5.74) is 7.12. The molecule has 2 N–H and O–H groups in total. The lowest BCUT2D eigenvalue weighted by molar-refractivity contribution is 0.507. The van der Waals surface area contributed by atoms with Crippen molar-refractivity contribution in [3.05, 3.63) is 28.8 Å². The predicted octanol–water partition coefficient (Wildman–Crippen LogP) is 2.63. The van der Waals surface area contributed by atoms with Gasteiger partial charge in [0.05, 0.1) is 0 Å². The Morgan fingerprint density at radius 1 is 1.40 bits per heavy atom. The molecule has 4 heteroatoms. The number of halogens is 2. The maximum atomic E-state index is 13.4. The van der Waals surface area contributed by atoms with Gasteiger partial charge in [0.1, 0.15) is 11.5 Å². The summed E-state index contributed by atoms with van der Waals surface area (Å²) in [5.74, 6) is -1.27. The van der Waals surface area contributed by atoms with Crippen molar-refractivity contribution in [3.8, 4) is 0 Å². The molecule has 1 aliphatic heterocycles. The molecule has 0 aromatic heterocycles. The Bertz CT molecular complexity index is 450. The van der Waals surface area contributed by atoms with E-state index >= 15 is 0 Å². The molecule has 1 aliphatic rings. The zero-order chi connectivity index (χ0) is 11.2. The monoisotopic (exact) mass is 210 g/mol. The van der Waals surface area contributed by atoms with Gasteiger partial charge >= 0.3 is 0 Å². The summed E-state index contributed by atoms with van der Waals surface area (Å²) in [7, 11) is 0. The highest BCUT2D eigenvalue weighted by atomic mass is 19.2. The first-order valence-electron chi connectivity index (χ1n) is 4.84. The zero-order valence-electron chi connectivity index (χ0n) is 8.64. The number of nitrogens with zero attached hydrogens (tertiary/aromatic N) is 1. The van der Waals surface area contributed by atoms with Crippen molar-refractivity contribution in [2.45, 2.75) is 26.2 Å². The lowest BCUT2D eigenvalue weighted by Gasteiger charge is -2.11. The van der Waals surface area contributed by atoms with Crippen LogP contribution in [0, 0.1) is 11.6 Å². The minimum absolute atomic E-state index is 0.0798. The SMILES string of the molecule is CC(C)c1cc(F)c(F)c2c1CC(N)=N2. The average molecular weight is 210 g/mol. The highest BCUT2D eigenvalue weighted by Gasteiger charge is 2.24. The van der Waals surface area contributed by atoms with Crippen LogP contribution in [0.1, 0.15) is 30.9 Å². The Hall–Kier alpha value is -1.45. The molecule has 0 radical (unpaired) electrons. The van der Waals surface area contributed by atoms with Crippen molar-refractivity contribution in [2.24, 2.45) is 10.7 Å². The first kappa shape index (κ1) is 10.1. The van der Waals surface area contributed by atoms with Crippen molar-refractivity contribution in [2.75, 3.05) is 0 Å². The van der Waals surface area contributed by atoms with Crippen molar-refractivity contribution >= 4 is 11.5 Å². The quantitative estimate of drug-likeness (QED) is 0.760. The third kappa shape index (κ3) is 1.50. The van der Waals surface area contributed by atoms with Gasteiger partial charge in [-0.15, -0.1) is 0 Å². The molecule has 2 rings (SSSR count). The molecule has 1 aromatic carbocycles. The maximum absolute atomic E-state index is 13.4. The Labute approximate surface area is 86.8 Å². The Kier molecular flexibility index (Phi) is 2.21. The summed E-state index contributed by atoms with van der Waals surface area (Å²) < 4.78 is 26.6. The highest BCUT2D eigenvalue weighted by molar-refractivity contribution is 5.91. The topological polar surface area (TPSA) is 38.4 Å². The number of rotatable bonds is 1. The van der Waals surface area contributed by atoms with Crippen LogP contribution in [-0.2, 0) is 6.42 Å². The van der Waals surface area contributed by atoms with Gasteiger partial charge in [-0.1, -0.05) is 13.8 Å². The van der Waals surface area contributed by atoms with Gasteiger partial charge in [-0.3, -0.25) is 0 Å². The van der Waals surface area contributed by atoms with Gasteiger partial charge in [0, 0.05) is 6.42 Å². The van der Waals surface area contributed by atoms with Crippen LogP contribution < -0.4 is 5.73 Å². The molecule has 0 saturated heterocycles. The molecule has 1 aromatic rings. The van der Waals surface area contributed by atoms with Crippen LogP contribution in [-0.4, -0.2) is 5.84 Å². The van der Waals surface area contributed by atoms with E-state index in [0.717, 1.165) is 11.1 Å². The number of amidine groups is 1. The van der Waals surface area contributed by atoms with Crippen LogP contribution in [0.4, 0.5) is 14.5 Å².